The van der Waals surface area contributed by atoms with E-state index in [9.17, 15) is 9.18 Å². The van der Waals surface area contributed by atoms with E-state index < -0.39 is 5.41 Å². The summed E-state index contributed by atoms with van der Waals surface area (Å²) in [6, 6.07) is 20.2. The van der Waals surface area contributed by atoms with Crippen LogP contribution < -0.4 is 15.0 Å². The average Bonchev–Trinajstić information content (AvgIpc) is 3.32. The maximum absolute atomic E-state index is 14.0. The van der Waals surface area contributed by atoms with Crippen molar-refractivity contribution in [3.63, 3.8) is 0 Å². The number of halogens is 1. The molecule has 1 amide bonds. The largest absolute Gasteiger partial charge is 0.493 e. The van der Waals surface area contributed by atoms with Crippen molar-refractivity contribution < 1.29 is 13.9 Å². The molecule has 1 fully saturated rings. The van der Waals surface area contributed by atoms with Crippen LogP contribution in [0.2, 0.25) is 0 Å². The molecule has 40 heavy (non-hydrogen) atoms. The van der Waals surface area contributed by atoms with E-state index in [2.05, 4.69) is 79.1 Å². The quantitative estimate of drug-likeness (QED) is 0.196. The van der Waals surface area contributed by atoms with Gasteiger partial charge in [0.05, 0.1) is 12.8 Å². The zero-order valence-electron chi connectivity index (χ0n) is 23.9. The van der Waals surface area contributed by atoms with Crippen LogP contribution in [-0.2, 0) is 23.2 Å². The molecule has 1 saturated heterocycles. The Morgan fingerprint density at radius 1 is 1.12 bits per heavy atom. The number of ether oxygens (including phenoxy) is 1. The van der Waals surface area contributed by atoms with Crippen LogP contribution in [0.15, 0.2) is 66.9 Å². The van der Waals surface area contributed by atoms with Crippen LogP contribution >= 0.6 is 9.24 Å². The van der Waals surface area contributed by atoms with Crippen molar-refractivity contribution in [3.05, 3.63) is 94.9 Å². The van der Waals surface area contributed by atoms with Gasteiger partial charge in [0.25, 0.3) is 0 Å². The van der Waals surface area contributed by atoms with Gasteiger partial charge < -0.3 is 19.4 Å². The summed E-state index contributed by atoms with van der Waals surface area (Å²) >= 11 is 0. The molecule has 2 aromatic carbocycles. The number of amides is 1. The predicted octanol–water partition coefficient (Wildman–Crippen LogP) is 6.55. The SMILES string of the molecule is CC(F)(P)c1ccc(C2CCN(c3ccc(CNC=O)cc3)CC2)cc1.CCc1nc2c(OC)cccn2c1C. The van der Waals surface area contributed by atoms with E-state index in [1.165, 1.54) is 16.9 Å². The van der Waals surface area contributed by atoms with Gasteiger partial charge in [-0.05, 0) is 80.0 Å². The minimum Gasteiger partial charge on any atom is -0.493 e. The van der Waals surface area contributed by atoms with Crippen molar-refractivity contribution in [2.24, 2.45) is 0 Å². The van der Waals surface area contributed by atoms with Crippen molar-refractivity contribution in [3.8, 4) is 5.75 Å². The highest BCUT2D eigenvalue weighted by Crippen LogP contribution is 2.35. The summed E-state index contributed by atoms with van der Waals surface area (Å²) in [6.45, 7) is 8.35. The molecule has 3 heterocycles. The molecule has 1 aliphatic rings. The average molecular weight is 563 g/mol. The highest BCUT2D eigenvalue weighted by Gasteiger charge is 2.23. The number of nitrogens with one attached hydrogen (secondary N) is 1. The molecule has 6 nitrogen and oxygen atoms in total. The predicted molar refractivity (Wildman–Crippen MR) is 164 cm³/mol. The number of aromatic nitrogens is 2. The van der Waals surface area contributed by atoms with Gasteiger partial charge in [0.1, 0.15) is 5.41 Å². The Kier molecular flexibility index (Phi) is 9.80. The minimum atomic E-state index is -1.37. The molecule has 0 bridgehead atoms. The standard InChI is InChI=1S/C21H26FN2OP.C11H14N2O/c1-21(22,26)19-6-4-17(5-7-19)18-10-12-24(13-11-18)20-8-2-16(3-9-20)14-23-15-25;1-4-9-8(2)13-7-5-6-10(14-3)11(13)12-9/h2-9,15,18H,10-14,26H2,1H3,(H,23,25);5-7H,4H2,1-3H3. The Labute approximate surface area is 239 Å². The summed E-state index contributed by atoms with van der Waals surface area (Å²) in [4.78, 5) is 17.3. The third-order valence-corrected chi connectivity index (χ3v) is 7.97. The molecule has 0 radical (unpaired) electrons. The summed E-state index contributed by atoms with van der Waals surface area (Å²) in [5, 5.41) is 1.32. The molecule has 212 valence electrons. The van der Waals surface area contributed by atoms with Crippen LogP contribution in [-0.4, -0.2) is 36.0 Å². The number of nitrogens with zero attached hydrogens (tertiary/aromatic N) is 3. The van der Waals surface area contributed by atoms with Crippen molar-refractivity contribution in [1.82, 2.24) is 14.7 Å². The van der Waals surface area contributed by atoms with E-state index in [1.54, 1.807) is 14.0 Å². The first-order valence-electron chi connectivity index (χ1n) is 13.8. The number of hydrogen-bond acceptors (Lipinski definition) is 4. The third-order valence-electron chi connectivity index (χ3n) is 7.64. The van der Waals surface area contributed by atoms with Gasteiger partial charge in [0.15, 0.2) is 11.4 Å². The van der Waals surface area contributed by atoms with Gasteiger partial charge >= 0.3 is 0 Å². The number of pyridine rings is 1. The number of aryl methyl sites for hydroxylation is 2. The molecule has 0 aliphatic carbocycles. The van der Waals surface area contributed by atoms with Crippen LogP contribution in [0.25, 0.3) is 5.65 Å². The molecule has 0 saturated carbocycles. The van der Waals surface area contributed by atoms with Gasteiger partial charge in [0, 0.05) is 37.2 Å². The second-order valence-electron chi connectivity index (χ2n) is 10.4. The number of carbonyl (C=O) groups excluding carboxylic acids is 1. The maximum atomic E-state index is 14.0. The molecule has 5 rings (SSSR count). The number of fused-ring (bicyclic) bond motifs is 1. The second-order valence-corrected chi connectivity index (χ2v) is 11.5. The molecule has 1 aliphatic heterocycles. The van der Waals surface area contributed by atoms with E-state index in [0.29, 0.717) is 18.0 Å². The topological polar surface area (TPSA) is 58.9 Å². The first kappa shape index (κ1) is 29.5. The number of anilines is 1. The fourth-order valence-corrected chi connectivity index (χ4v) is 5.43. The van der Waals surface area contributed by atoms with E-state index in [-0.39, 0.29) is 0 Å². The Bertz CT molecular complexity index is 1390. The Morgan fingerprint density at radius 3 is 2.38 bits per heavy atom. The zero-order chi connectivity index (χ0) is 28.7. The highest BCUT2D eigenvalue weighted by atomic mass is 31.0. The molecule has 8 heteroatoms. The van der Waals surface area contributed by atoms with Gasteiger partial charge in [-0.25, -0.2) is 9.37 Å². The van der Waals surface area contributed by atoms with Crippen LogP contribution in [0, 0.1) is 6.92 Å². The van der Waals surface area contributed by atoms with Crippen molar-refractivity contribution in [2.45, 2.75) is 57.9 Å². The van der Waals surface area contributed by atoms with Crippen molar-refractivity contribution >= 4 is 27.0 Å². The van der Waals surface area contributed by atoms with E-state index in [0.717, 1.165) is 61.4 Å². The summed E-state index contributed by atoms with van der Waals surface area (Å²) < 4.78 is 21.3. The molecule has 1 N–H and O–H groups in total. The van der Waals surface area contributed by atoms with Gasteiger partial charge in [0.2, 0.25) is 6.41 Å². The van der Waals surface area contributed by atoms with Crippen molar-refractivity contribution in [2.75, 3.05) is 25.1 Å². The number of piperidine rings is 1. The molecule has 2 aromatic heterocycles. The fourth-order valence-electron chi connectivity index (χ4n) is 5.24. The fraction of sp³-hybridized carbons (Fsp3) is 0.375. The maximum Gasteiger partial charge on any atom is 0.207 e. The Balaban J connectivity index is 0.000000222. The normalized spacial score (nSPS) is 15.2. The smallest absolute Gasteiger partial charge is 0.207 e. The van der Waals surface area contributed by atoms with Gasteiger partial charge in [-0.1, -0.05) is 52.6 Å². The summed E-state index contributed by atoms with van der Waals surface area (Å²) in [7, 11) is 3.92. The molecule has 4 aromatic rings. The van der Waals surface area contributed by atoms with E-state index in [1.807, 2.05) is 30.5 Å². The number of hydrogen-bond donors (Lipinski definition) is 1. The second kappa shape index (κ2) is 13.3. The van der Waals surface area contributed by atoms with E-state index >= 15 is 0 Å². The third kappa shape index (κ3) is 7.00. The number of carbonyl (C=O) groups is 1. The summed E-state index contributed by atoms with van der Waals surface area (Å²) in [5.41, 5.74) is 7.57. The monoisotopic (exact) mass is 562 g/mol. The lowest BCUT2D eigenvalue weighted by molar-refractivity contribution is -0.109. The molecule has 0 spiro atoms. The lowest BCUT2D eigenvalue weighted by atomic mass is 9.88. The number of benzene rings is 2. The minimum absolute atomic E-state index is 0.534. The van der Waals surface area contributed by atoms with Gasteiger partial charge in [-0.3, -0.25) is 4.79 Å². The Morgan fingerprint density at radius 2 is 1.80 bits per heavy atom. The lowest BCUT2D eigenvalue weighted by Crippen LogP contribution is -2.32. The first-order valence-corrected chi connectivity index (χ1v) is 14.4. The number of imidazole rings is 1. The zero-order valence-corrected chi connectivity index (χ0v) is 25.0. The molecular weight excluding hydrogens is 522 g/mol. The molecular formula is C32H40FN4O2P. The van der Waals surface area contributed by atoms with Crippen LogP contribution in [0.5, 0.6) is 5.75 Å². The summed E-state index contributed by atoms with van der Waals surface area (Å²) in [5.74, 6) is 1.36. The number of rotatable bonds is 8. The van der Waals surface area contributed by atoms with Crippen LogP contribution in [0.3, 0.4) is 0 Å². The highest BCUT2D eigenvalue weighted by molar-refractivity contribution is 7.18. The lowest BCUT2D eigenvalue weighted by Gasteiger charge is -2.34. The summed E-state index contributed by atoms with van der Waals surface area (Å²) in [6.07, 6.45) is 5.89. The van der Waals surface area contributed by atoms with E-state index in [4.69, 9.17) is 4.74 Å². The molecule has 2 unspecified atom stereocenters. The van der Waals surface area contributed by atoms with Gasteiger partial charge in [-0.2, -0.15) is 0 Å². The van der Waals surface area contributed by atoms with Crippen molar-refractivity contribution in [1.29, 1.82) is 0 Å². The van der Waals surface area contributed by atoms with Gasteiger partial charge in [-0.15, -0.1) is 0 Å². The number of methoxy groups -OCH3 is 1. The number of alkyl halides is 1. The first-order chi connectivity index (χ1) is 19.2. The molecule has 2 atom stereocenters. The van der Waals surface area contributed by atoms with Crippen LogP contribution in [0.4, 0.5) is 10.1 Å². The van der Waals surface area contributed by atoms with Crippen LogP contribution in [0.1, 0.15) is 60.7 Å². The Hall–Kier alpha value is -3.44.